The summed E-state index contributed by atoms with van der Waals surface area (Å²) in [6.07, 6.45) is 0.949. The maximum atomic E-state index is 11.9. The molecule has 0 radical (unpaired) electrons. The summed E-state index contributed by atoms with van der Waals surface area (Å²) in [5, 5.41) is 18.8. The lowest BCUT2D eigenvalue weighted by atomic mass is 10.1. The lowest BCUT2D eigenvalue weighted by Crippen LogP contribution is -2.41. The molecule has 1 fully saturated rings. The Hall–Kier alpha value is -1.43. The van der Waals surface area contributed by atoms with E-state index in [1.54, 1.807) is 11.3 Å². The highest BCUT2D eigenvalue weighted by Gasteiger charge is 2.27. The average Bonchev–Trinajstić information content (AvgIpc) is 3.06. The Morgan fingerprint density at radius 3 is 3.10 bits per heavy atom. The van der Waals surface area contributed by atoms with Gasteiger partial charge in [0.1, 0.15) is 0 Å². The zero-order valence-corrected chi connectivity index (χ0v) is 12.0. The molecule has 0 unspecified atom stereocenters. The zero-order chi connectivity index (χ0) is 13.9. The molecule has 106 valence electrons. The third kappa shape index (κ3) is 2.85. The Morgan fingerprint density at radius 2 is 2.30 bits per heavy atom. The Morgan fingerprint density at radius 1 is 1.45 bits per heavy atom. The highest BCUT2D eigenvalue weighted by molar-refractivity contribution is 7.17. The highest BCUT2D eigenvalue weighted by Crippen LogP contribution is 2.25. The molecule has 1 aliphatic heterocycles. The second kappa shape index (κ2) is 5.91. The molecule has 2 atom stereocenters. The SMILES string of the molecule is O=C(NCCc1csc2ccccc12)[C@@H]1C[C@H](O)CN1. The summed E-state index contributed by atoms with van der Waals surface area (Å²) in [5.74, 6) is -0.0129. The molecule has 1 aromatic carbocycles. The van der Waals surface area contributed by atoms with E-state index in [1.165, 1.54) is 15.6 Å². The number of benzene rings is 1. The summed E-state index contributed by atoms with van der Waals surface area (Å²) < 4.78 is 1.29. The summed E-state index contributed by atoms with van der Waals surface area (Å²) in [5.41, 5.74) is 1.28. The van der Waals surface area contributed by atoms with Crippen LogP contribution in [0.4, 0.5) is 0 Å². The lowest BCUT2D eigenvalue weighted by Gasteiger charge is -2.10. The Bertz CT molecular complexity index is 611. The molecule has 0 bridgehead atoms. The third-order valence-electron chi connectivity index (χ3n) is 3.68. The fraction of sp³-hybridized carbons (Fsp3) is 0.400. The van der Waals surface area contributed by atoms with E-state index in [4.69, 9.17) is 0 Å². The maximum Gasteiger partial charge on any atom is 0.237 e. The molecule has 3 N–H and O–H groups in total. The average molecular weight is 290 g/mol. The molecule has 0 saturated carbocycles. The van der Waals surface area contributed by atoms with E-state index in [0.717, 1.165) is 6.42 Å². The Labute approximate surface area is 121 Å². The summed E-state index contributed by atoms with van der Waals surface area (Å²) in [4.78, 5) is 11.9. The third-order valence-corrected chi connectivity index (χ3v) is 4.69. The number of nitrogens with one attached hydrogen (secondary N) is 2. The minimum atomic E-state index is -0.397. The maximum absolute atomic E-state index is 11.9. The number of thiophene rings is 1. The molecule has 0 aliphatic carbocycles. The van der Waals surface area contributed by atoms with Gasteiger partial charge in [0, 0.05) is 17.8 Å². The smallest absolute Gasteiger partial charge is 0.237 e. The van der Waals surface area contributed by atoms with Gasteiger partial charge in [0.15, 0.2) is 0 Å². The number of carbonyl (C=O) groups excluding carboxylic acids is 1. The van der Waals surface area contributed by atoms with Gasteiger partial charge in [0.25, 0.3) is 0 Å². The van der Waals surface area contributed by atoms with Gasteiger partial charge in [0.2, 0.25) is 5.91 Å². The molecule has 1 saturated heterocycles. The van der Waals surface area contributed by atoms with E-state index in [0.29, 0.717) is 19.5 Å². The van der Waals surface area contributed by atoms with Crippen molar-refractivity contribution in [2.45, 2.75) is 25.0 Å². The predicted molar refractivity (Wildman–Crippen MR) is 81.0 cm³/mol. The molecule has 4 nitrogen and oxygen atoms in total. The van der Waals surface area contributed by atoms with Gasteiger partial charge in [0.05, 0.1) is 12.1 Å². The van der Waals surface area contributed by atoms with E-state index in [1.807, 2.05) is 12.1 Å². The number of hydrogen-bond acceptors (Lipinski definition) is 4. The van der Waals surface area contributed by atoms with Crippen LogP contribution in [0, 0.1) is 0 Å². The fourth-order valence-electron chi connectivity index (χ4n) is 2.59. The number of β-amino-alcohol motifs (C(OH)–C–C–N with tert-alkyl or cyclic N) is 1. The lowest BCUT2D eigenvalue weighted by molar-refractivity contribution is -0.122. The second-order valence-corrected chi connectivity index (χ2v) is 6.06. The van der Waals surface area contributed by atoms with Gasteiger partial charge in [-0.2, -0.15) is 0 Å². The molecule has 0 spiro atoms. The van der Waals surface area contributed by atoms with Crippen LogP contribution in [0.1, 0.15) is 12.0 Å². The minimum Gasteiger partial charge on any atom is -0.392 e. The first-order chi connectivity index (χ1) is 9.74. The van der Waals surface area contributed by atoms with Crippen LogP contribution in [0.5, 0.6) is 0 Å². The second-order valence-electron chi connectivity index (χ2n) is 5.15. The van der Waals surface area contributed by atoms with Crippen molar-refractivity contribution in [3.8, 4) is 0 Å². The van der Waals surface area contributed by atoms with E-state index < -0.39 is 6.10 Å². The van der Waals surface area contributed by atoms with Crippen molar-refractivity contribution in [1.82, 2.24) is 10.6 Å². The van der Waals surface area contributed by atoms with E-state index in [2.05, 4.69) is 28.1 Å². The minimum absolute atomic E-state index is 0.0129. The number of fused-ring (bicyclic) bond motifs is 1. The number of amides is 1. The molecule has 1 amide bonds. The van der Waals surface area contributed by atoms with Crippen LogP contribution in [0.15, 0.2) is 29.6 Å². The number of aliphatic hydroxyl groups excluding tert-OH is 1. The van der Waals surface area contributed by atoms with E-state index in [-0.39, 0.29) is 11.9 Å². The molecule has 20 heavy (non-hydrogen) atoms. The van der Waals surface area contributed by atoms with Gasteiger partial charge < -0.3 is 15.7 Å². The van der Waals surface area contributed by atoms with Crippen LogP contribution < -0.4 is 10.6 Å². The first-order valence-corrected chi connectivity index (χ1v) is 7.76. The van der Waals surface area contributed by atoms with Gasteiger partial charge in [-0.25, -0.2) is 0 Å². The van der Waals surface area contributed by atoms with Crippen molar-refractivity contribution in [2.75, 3.05) is 13.1 Å². The molecule has 5 heteroatoms. The number of aliphatic hydroxyl groups is 1. The van der Waals surface area contributed by atoms with Crippen molar-refractivity contribution < 1.29 is 9.90 Å². The molecule has 2 heterocycles. The number of carbonyl (C=O) groups is 1. The van der Waals surface area contributed by atoms with Gasteiger partial charge in [-0.15, -0.1) is 11.3 Å². The van der Waals surface area contributed by atoms with Gasteiger partial charge in [-0.3, -0.25) is 4.79 Å². The van der Waals surface area contributed by atoms with E-state index >= 15 is 0 Å². The summed E-state index contributed by atoms with van der Waals surface area (Å²) in [6, 6.07) is 8.08. The summed E-state index contributed by atoms with van der Waals surface area (Å²) in [7, 11) is 0. The molecule has 1 aromatic heterocycles. The van der Waals surface area contributed by atoms with Gasteiger partial charge in [-0.1, -0.05) is 18.2 Å². The van der Waals surface area contributed by atoms with Crippen LogP contribution in [0.3, 0.4) is 0 Å². The topological polar surface area (TPSA) is 61.4 Å². The van der Waals surface area contributed by atoms with Gasteiger partial charge >= 0.3 is 0 Å². The zero-order valence-electron chi connectivity index (χ0n) is 11.1. The summed E-state index contributed by atoms with van der Waals surface area (Å²) >= 11 is 1.74. The Kier molecular flexibility index (Phi) is 4.00. The van der Waals surface area contributed by atoms with Crippen LogP contribution >= 0.6 is 11.3 Å². The molecular weight excluding hydrogens is 272 g/mol. The van der Waals surface area contributed by atoms with Crippen LogP contribution in [-0.2, 0) is 11.2 Å². The number of rotatable bonds is 4. The highest BCUT2D eigenvalue weighted by atomic mass is 32.1. The Balaban J connectivity index is 1.54. The largest absolute Gasteiger partial charge is 0.392 e. The van der Waals surface area contributed by atoms with Crippen LogP contribution in [0.25, 0.3) is 10.1 Å². The first-order valence-electron chi connectivity index (χ1n) is 6.88. The molecular formula is C15H18N2O2S. The fourth-order valence-corrected chi connectivity index (χ4v) is 3.58. The summed E-state index contributed by atoms with van der Waals surface area (Å²) in [6.45, 7) is 1.14. The van der Waals surface area contributed by atoms with Crippen molar-refractivity contribution >= 4 is 27.3 Å². The molecule has 2 aromatic rings. The van der Waals surface area contributed by atoms with Crippen molar-refractivity contribution in [1.29, 1.82) is 0 Å². The quantitative estimate of drug-likeness (QED) is 0.795. The standard InChI is InChI=1S/C15H18N2O2S/c18-11-7-13(17-8-11)15(19)16-6-5-10-9-20-14-4-2-1-3-12(10)14/h1-4,9,11,13,17-18H,5-8H2,(H,16,19)/t11-,13-/m0/s1. The van der Waals surface area contributed by atoms with E-state index in [9.17, 15) is 9.90 Å². The van der Waals surface area contributed by atoms with Crippen molar-refractivity contribution in [2.24, 2.45) is 0 Å². The predicted octanol–water partition coefficient (Wildman–Crippen LogP) is 1.28. The van der Waals surface area contributed by atoms with Crippen molar-refractivity contribution in [3.05, 3.63) is 35.2 Å². The number of hydrogen-bond donors (Lipinski definition) is 3. The monoisotopic (exact) mass is 290 g/mol. The van der Waals surface area contributed by atoms with Crippen LogP contribution in [-0.4, -0.2) is 36.2 Å². The van der Waals surface area contributed by atoms with Crippen LogP contribution in [0.2, 0.25) is 0 Å². The molecule has 1 aliphatic rings. The van der Waals surface area contributed by atoms with Crippen molar-refractivity contribution in [3.63, 3.8) is 0 Å². The normalized spacial score (nSPS) is 22.2. The first kappa shape index (κ1) is 13.5. The van der Waals surface area contributed by atoms with Gasteiger partial charge in [-0.05, 0) is 35.2 Å². The molecule has 3 rings (SSSR count).